The fourth-order valence-corrected chi connectivity index (χ4v) is 6.16. The van der Waals surface area contributed by atoms with E-state index >= 15 is 0 Å². The zero-order chi connectivity index (χ0) is 36.1. The molecule has 0 unspecified atom stereocenters. The first-order chi connectivity index (χ1) is 23.8. The minimum absolute atomic E-state index is 0.124. The molecule has 4 aromatic rings. The van der Waals surface area contributed by atoms with Crippen LogP contribution in [0.1, 0.15) is 35.3 Å². The fraction of sp³-hybridized carbons (Fsp3) is 0.139. The summed E-state index contributed by atoms with van der Waals surface area (Å²) in [5, 5.41) is 5.95. The standard InChI is InChI=1S/C36H28Cl4N4O5S/c1-19-10-16-24(17-11-19)44-34(47)29(43-36(44)50-21(3)33(46)42-28-9-5-7-26(38)31(28)40)18-22-12-14-23(15-13-22)35(48)49-20(2)32(45)41-27-8-4-6-25(37)30(27)39/h4-18,20-21H,1-3H3,(H,41,45)(H,42,46)/b29-18+/t20-,21-/m0/s1. The maximum atomic E-state index is 13.7. The number of ether oxygens (including phenoxy) is 1. The van der Waals surface area contributed by atoms with Crippen LogP contribution < -0.4 is 15.5 Å². The van der Waals surface area contributed by atoms with E-state index in [0.29, 0.717) is 27.1 Å². The van der Waals surface area contributed by atoms with E-state index < -0.39 is 29.1 Å². The Kier molecular flexibility index (Phi) is 11.9. The number of halogens is 4. The number of nitrogens with zero attached hydrogens (tertiary/aromatic N) is 2. The van der Waals surface area contributed by atoms with Gasteiger partial charge < -0.3 is 15.4 Å². The molecule has 0 saturated heterocycles. The molecule has 3 amide bonds. The number of thioether (sulfide) groups is 1. The van der Waals surface area contributed by atoms with E-state index in [-0.39, 0.29) is 37.9 Å². The van der Waals surface area contributed by atoms with Crippen molar-refractivity contribution in [1.29, 1.82) is 0 Å². The first-order valence-corrected chi connectivity index (χ1v) is 17.4. The number of carbonyl (C=O) groups is 4. The SMILES string of the molecule is Cc1ccc(N2C(=O)/C(=C\c3ccc(C(=O)O[C@@H](C)C(=O)Nc4cccc(Cl)c4Cl)cc3)N=C2S[C@@H](C)C(=O)Nc2cccc(Cl)c2Cl)cc1. The quantitative estimate of drug-likeness (QED) is 0.130. The van der Waals surface area contributed by atoms with Crippen LogP contribution in [0.2, 0.25) is 20.1 Å². The molecule has 2 atom stereocenters. The Hall–Kier alpha value is -4.32. The van der Waals surface area contributed by atoms with Crippen molar-refractivity contribution in [3.63, 3.8) is 0 Å². The van der Waals surface area contributed by atoms with Gasteiger partial charge in [-0.3, -0.25) is 19.3 Å². The highest BCUT2D eigenvalue weighted by atomic mass is 35.5. The first-order valence-electron chi connectivity index (χ1n) is 15.0. The molecular formula is C36H28Cl4N4O5S. The third-order valence-corrected chi connectivity index (χ3v) is 9.99. The highest BCUT2D eigenvalue weighted by Crippen LogP contribution is 2.34. The van der Waals surface area contributed by atoms with Crippen LogP contribution in [0.4, 0.5) is 17.1 Å². The Labute approximate surface area is 312 Å². The lowest BCUT2D eigenvalue weighted by Crippen LogP contribution is -2.33. The first kappa shape index (κ1) is 36.9. The Bertz CT molecular complexity index is 2040. The number of hydrogen-bond donors (Lipinski definition) is 2. The Morgan fingerprint density at radius 3 is 1.94 bits per heavy atom. The van der Waals surface area contributed by atoms with Gasteiger partial charge in [0.2, 0.25) is 5.91 Å². The molecule has 0 spiro atoms. The Balaban J connectivity index is 1.30. The second kappa shape index (κ2) is 16.1. The number of nitrogens with one attached hydrogen (secondary N) is 2. The van der Waals surface area contributed by atoms with Gasteiger partial charge in [-0.1, -0.05) is 100 Å². The second-order valence-electron chi connectivity index (χ2n) is 11.0. The van der Waals surface area contributed by atoms with Crippen molar-refractivity contribution in [2.75, 3.05) is 15.5 Å². The number of carbonyl (C=O) groups excluding carboxylic acids is 4. The minimum atomic E-state index is -1.14. The predicted octanol–water partition coefficient (Wildman–Crippen LogP) is 9.30. The average Bonchev–Trinajstić information content (AvgIpc) is 3.39. The molecule has 0 aromatic heterocycles. The molecule has 0 radical (unpaired) electrons. The lowest BCUT2D eigenvalue weighted by molar-refractivity contribution is -0.123. The van der Waals surface area contributed by atoms with Crippen LogP contribution in [0.5, 0.6) is 0 Å². The van der Waals surface area contributed by atoms with E-state index in [2.05, 4.69) is 15.6 Å². The molecular weight excluding hydrogens is 742 g/mol. The lowest BCUT2D eigenvalue weighted by Gasteiger charge is -2.20. The molecule has 14 heteroatoms. The van der Waals surface area contributed by atoms with E-state index in [4.69, 9.17) is 51.1 Å². The van der Waals surface area contributed by atoms with Gasteiger partial charge >= 0.3 is 5.97 Å². The third-order valence-electron chi connectivity index (χ3n) is 7.29. The van der Waals surface area contributed by atoms with E-state index in [9.17, 15) is 19.2 Å². The van der Waals surface area contributed by atoms with Crippen LogP contribution in [0.3, 0.4) is 0 Å². The van der Waals surface area contributed by atoms with Crippen LogP contribution in [0, 0.1) is 6.92 Å². The summed E-state index contributed by atoms with van der Waals surface area (Å²) in [6.07, 6.45) is 0.438. The fourth-order valence-electron chi connectivity index (χ4n) is 4.53. The number of aryl methyl sites for hydroxylation is 1. The zero-order valence-corrected chi connectivity index (χ0v) is 30.5. The van der Waals surface area contributed by atoms with Crippen LogP contribution >= 0.6 is 58.2 Å². The van der Waals surface area contributed by atoms with Gasteiger partial charge in [0.1, 0.15) is 5.70 Å². The number of amides is 3. The average molecular weight is 771 g/mol. The smallest absolute Gasteiger partial charge is 0.338 e. The van der Waals surface area contributed by atoms with Gasteiger partial charge in [0.05, 0.1) is 48.0 Å². The van der Waals surface area contributed by atoms with Gasteiger partial charge in [-0.15, -0.1) is 0 Å². The number of aliphatic imine (C=N–C) groups is 1. The summed E-state index contributed by atoms with van der Waals surface area (Å²) in [6.45, 7) is 5.06. The van der Waals surface area contributed by atoms with E-state index in [1.807, 2.05) is 19.1 Å². The summed E-state index contributed by atoms with van der Waals surface area (Å²) in [5.41, 5.74) is 3.12. The molecule has 0 aliphatic carbocycles. The van der Waals surface area contributed by atoms with Crippen molar-refractivity contribution in [1.82, 2.24) is 0 Å². The van der Waals surface area contributed by atoms with Gasteiger partial charge in [-0.05, 0) is 80.9 Å². The molecule has 50 heavy (non-hydrogen) atoms. The topological polar surface area (TPSA) is 117 Å². The highest BCUT2D eigenvalue weighted by molar-refractivity contribution is 8.15. The predicted molar refractivity (Wildman–Crippen MR) is 203 cm³/mol. The summed E-state index contributed by atoms with van der Waals surface area (Å²) in [7, 11) is 0. The van der Waals surface area contributed by atoms with E-state index in [1.165, 1.54) is 24.0 Å². The molecule has 1 heterocycles. The van der Waals surface area contributed by atoms with Crippen LogP contribution in [0.15, 0.2) is 95.6 Å². The summed E-state index contributed by atoms with van der Waals surface area (Å²) in [4.78, 5) is 58.4. The van der Waals surface area contributed by atoms with Crippen LogP contribution in [-0.4, -0.2) is 40.2 Å². The lowest BCUT2D eigenvalue weighted by atomic mass is 10.1. The number of esters is 1. The molecule has 9 nitrogen and oxygen atoms in total. The number of amidine groups is 1. The van der Waals surface area contributed by atoms with Crippen LogP contribution in [-0.2, 0) is 19.1 Å². The van der Waals surface area contributed by atoms with Gasteiger partial charge in [-0.2, -0.15) is 0 Å². The normalized spacial score (nSPS) is 14.6. The van der Waals surface area contributed by atoms with E-state index in [0.717, 1.165) is 17.3 Å². The Morgan fingerprint density at radius 1 is 0.800 bits per heavy atom. The molecule has 2 N–H and O–H groups in total. The van der Waals surface area contributed by atoms with Crippen molar-refractivity contribution >= 4 is 110 Å². The molecule has 1 aliphatic heterocycles. The van der Waals surface area contributed by atoms with Crippen LogP contribution in [0.25, 0.3) is 6.08 Å². The van der Waals surface area contributed by atoms with E-state index in [1.54, 1.807) is 73.7 Å². The monoisotopic (exact) mass is 768 g/mol. The van der Waals surface area contributed by atoms with Crippen molar-refractivity contribution in [2.24, 2.45) is 4.99 Å². The summed E-state index contributed by atoms with van der Waals surface area (Å²) in [6, 6.07) is 23.3. The molecule has 0 saturated carbocycles. The second-order valence-corrected chi connectivity index (χ2v) is 13.9. The number of hydrogen-bond acceptors (Lipinski definition) is 7. The molecule has 0 fully saturated rings. The maximum Gasteiger partial charge on any atom is 0.338 e. The number of anilines is 3. The summed E-state index contributed by atoms with van der Waals surface area (Å²) in [5.74, 6) is -2.08. The highest BCUT2D eigenvalue weighted by Gasteiger charge is 2.34. The number of rotatable bonds is 9. The third kappa shape index (κ3) is 8.69. The minimum Gasteiger partial charge on any atom is -0.449 e. The molecule has 256 valence electrons. The summed E-state index contributed by atoms with van der Waals surface area (Å²) < 4.78 is 5.35. The van der Waals surface area contributed by atoms with Gasteiger partial charge in [0.25, 0.3) is 11.8 Å². The van der Waals surface area contributed by atoms with Crippen molar-refractivity contribution in [2.45, 2.75) is 32.1 Å². The van der Waals surface area contributed by atoms with Crippen molar-refractivity contribution < 1.29 is 23.9 Å². The van der Waals surface area contributed by atoms with Crippen molar-refractivity contribution in [3.8, 4) is 0 Å². The Morgan fingerprint density at radius 2 is 1.36 bits per heavy atom. The van der Waals surface area contributed by atoms with Crippen molar-refractivity contribution in [3.05, 3.63) is 127 Å². The summed E-state index contributed by atoms with van der Waals surface area (Å²) >= 11 is 25.6. The maximum absolute atomic E-state index is 13.7. The molecule has 0 bridgehead atoms. The van der Waals surface area contributed by atoms with Gasteiger partial charge in [-0.25, -0.2) is 9.79 Å². The molecule has 5 rings (SSSR count). The van der Waals surface area contributed by atoms with Gasteiger partial charge in [0.15, 0.2) is 11.3 Å². The largest absolute Gasteiger partial charge is 0.449 e. The zero-order valence-electron chi connectivity index (χ0n) is 26.7. The molecule has 1 aliphatic rings. The number of benzene rings is 4. The van der Waals surface area contributed by atoms with Gasteiger partial charge in [0, 0.05) is 0 Å². The molecule has 4 aromatic carbocycles.